The van der Waals surface area contributed by atoms with Crippen LogP contribution in [0.4, 0.5) is 0 Å². The highest BCUT2D eigenvalue weighted by atomic mass is 16.6. The lowest BCUT2D eigenvalue weighted by molar-refractivity contribution is -0.157. The van der Waals surface area contributed by atoms with Crippen molar-refractivity contribution in [3.05, 3.63) is 0 Å². The maximum Gasteiger partial charge on any atom is 0.323 e. The molecule has 1 aliphatic carbocycles. The van der Waals surface area contributed by atoms with Crippen LogP contribution >= 0.6 is 0 Å². The van der Waals surface area contributed by atoms with Gasteiger partial charge in [0.2, 0.25) is 0 Å². The molecule has 1 atom stereocenters. The summed E-state index contributed by atoms with van der Waals surface area (Å²) in [4.78, 5) is 11.9. The normalized spacial score (nSPS) is 21.9. The van der Waals surface area contributed by atoms with Gasteiger partial charge in [-0.15, -0.1) is 0 Å². The van der Waals surface area contributed by atoms with Crippen molar-refractivity contribution in [2.24, 2.45) is 0 Å². The first kappa shape index (κ1) is 14.5. The van der Waals surface area contributed by atoms with Crippen molar-refractivity contribution in [3.8, 4) is 0 Å². The van der Waals surface area contributed by atoms with E-state index in [0.29, 0.717) is 0 Å². The number of nitrogens with one attached hydrogen (secondary N) is 1. The first-order valence-electron chi connectivity index (χ1n) is 6.72. The van der Waals surface area contributed by atoms with Crippen LogP contribution in [0.5, 0.6) is 0 Å². The van der Waals surface area contributed by atoms with Gasteiger partial charge in [0, 0.05) is 5.54 Å². The predicted octanol–water partition coefficient (Wildman–Crippen LogP) is 3.03. The van der Waals surface area contributed by atoms with E-state index < -0.39 is 5.60 Å². The second-order valence-corrected chi connectivity index (χ2v) is 6.52. The Hall–Kier alpha value is -0.570. The molecule has 0 aromatic carbocycles. The smallest absolute Gasteiger partial charge is 0.323 e. The summed E-state index contributed by atoms with van der Waals surface area (Å²) < 4.78 is 5.38. The minimum absolute atomic E-state index is 0.106. The lowest BCUT2D eigenvalue weighted by Crippen LogP contribution is -2.52. The highest BCUT2D eigenvalue weighted by molar-refractivity contribution is 5.75. The van der Waals surface area contributed by atoms with Crippen LogP contribution in [0.1, 0.15) is 66.7 Å². The summed E-state index contributed by atoms with van der Waals surface area (Å²) in [6, 6.07) is -0.225. The van der Waals surface area contributed by atoms with Gasteiger partial charge in [-0.05, 0) is 47.5 Å². The van der Waals surface area contributed by atoms with Gasteiger partial charge in [0.05, 0.1) is 0 Å². The van der Waals surface area contributed by atoms with Crippen LogP contribution in [0.2, 0.25) is 0 Å². The maximum atomic E-state index is 11.9. The first-order valence-corrected chi connectivity index (χ1v) is 6.72. The molecule has 0 spiro atoms. The van der Waals surface area contributed by atoms with Crippen molar-refractivity contribution in [3.63, 3.8) is 0 Å². The Morgan fingerprint density at radius 3 is 2.24 bits per heavy atom. The third-order valence-corrected chi connectivity index (χ3v) is 3.28. The van der Waals surface area contributed by atoms with Gasteiger partial charge < -0.3 is 4.74 Å². The van der Waals surface area contributed by atoms with E-state index in [2.05, 4.69) is 12.2 Å². The van der Waals surface area contributed by atoms with E-state index in [-0.39, 0.29) is 17.6 Å². The summed E-state index contributed by atoms with van der Waals surface area (Å²) >= 11 is 0. The number of ether oxygens (including phenoxy) is 1. The van der Waals surface area contributed by atoms with Crippen molar-refractivity contribution >= 4 is 5.97 Å². The monoisotopic (exact) mass is 241 g/mol. The Kier molecular flexibility index (Phi) is 4.59. The van der Waals surface area contributed by atoms with Gasteiger partial charge in [-0.25, -0.2) is 0 Å². The van der Waals surface area contributed by atoms with Crippen molar-refractivity contribution in [2.75, 3.05) is 0 Å². The third-order valence-electron chi connectivity index (χ3n) is 3.28. The van der Waals surface area contributed by atoms with Crippen molar-refractivity contribution in [2.45, 2.75) is 83.9 Å². The summed E-state index contributed by atoms with van der Waals surface area (Å²) in [6.45, 7) is 9.82. The van der Waals surface area contributed by atoms with Gasteiger partial charge in [0.1, 0.15) is 11.6 Å². The van der Waals surface area contributed by atoms with Crippen LogP contribution in [0.25, 0.3) is 0 Å². The van der Waals surface area contributed by atoms with E-state index in [0.717, 1.165) is 12.8 Å². The third kappa shape index (κ3) is 5.07. The van der Waals surface area contributed by atoms with E-state index in [1.54, 1.807) is 0 Å². The van der Waals surface area contributed by atoms with E-state index in [1.165, 1.54) is 19.3 Å². The topological polar surface area (TPSA) is 38.3 Å². The lowest BCUT2D eigenvalue weighted by atomic mass is 9.83. The van der Waals surface area contributed by atoms with E-state index >= 15 is 0 Å². The molecular formula is C14H27NO2. The standard InChI is InChI=1S/C14H27NO2/c1-11(12(16)17-13(2,3)4)15-14(5)9-7-6-8-10-14/h11,15H,6-10H2,1-5H3. The molecule has 1 aliphatic rings. The zero-order valence-electron chi connectivity index (χ0n) is 11.9. The van der Waals surface area contributed by atoms with Gasteiger partial charge in [-0.1, -0.05) is 19.3 Å². The molecule has 0 amide bonds. The fourth-order valence-corrected chi connectivity index (χ4v) is 2.45. The molecule has 100 valence electrons. The van der Waals surface area contributed by atoms with Crippen LogP contribution in [0.3, 0.4) is 0 Å². The largest absolute Gasteiger partial charge is 0.459 e. The molecule has 1 rings (SSSR count). The fraction of sp³-hybridized carbons (Fsp3) is 0.929. The molecule has 0 radical (unpaired) electrons. The molecule has 0 aromatic rings. The van der Waals surface area contributed by atoms with Crippen LogP contribution < -0.4 is 5.32 Å². The van der Waals surface area contributed by atoms with E-state index in [9.17, 15) is 4.79 Å². The minimum Gasteiger partial charge on any atom is -0.459 e. The van der Waals surface area contributed by atoms with Crippen molar-refractivity contribution in [1.82, 2.24) is 5.32 Å². The summed E-state index contributed by atoms with van der Waals surface area (Å²) in [5.74, 6) is -0.149. The van der Waals surface area contributed by atoms with Gasteiger partial charge in [-0.2, -0.15) is 0 Å². The zero-order valence-corrected chi connectivity index (χ0v) is 11.9. The Bertz CT molecular complexity index is 262. The number of carbonyl (C=O) groups excluding carboxylic acids is 1. The molecule has 1 N–H and O–H groups in total. The molecule has 3 nitrogen and oxygen atoms in total. The van der Waals surface area contributed by atoms with Gasteiger partial charge >= 0.3 is 5.97 Å². The molecule has 17 heavy (non-hydrogen) atoms. The minimum atomic E-state index is -0.402. The summed E-state index contributed by atoms with van der Waals surface area (Å²) in [5, 5.41) is 3.44. The predicted molar refractivity (Wildman–Crippen MR) is 69.9 cm³/mol. The molecule has 1 fully saturated rings. The summed E-state index contributed by atoms with van der Waals surface area (Å²) in [5.41, 5.74) is -0.297. The molecular weight excluding hydrogens is 214 g/mol. The van der Waals surface area contributed by atoms with Gasteiger partial charge in [0.25, 0.3) is 0 Å². The highest BCUT2D eigenvalue weighted by Crippen LogP contribution is 2.28. The average Bonchev–Trinajstić information content (AvgIpc) is 2.15. The number of esters is 1. The second kappa shape index (κ2) is 5.38. The van der Waals surface area contributed by atoms with Crippen LogP contribution in [0, 0.1) is 0 Å². The number of hydrogen-bond acceptors (Lipinski definition) is 3. The molecule has 0 aliphatic heterocycles. The summed E-state index contributed by atoms with van der Waals surface area (Å²) in [6.07, 6.45) is 6.13. The van der Waals surface area contributed by atoms with Crippen LogP contribution in [-0.2, 0) is 9.53 Å². The van der Waals surface area contributed by atoms with E-state index in [1.807, 2.05) is 27.7 Å². The Morgan fingerprint density at radius 1 is 1.24 bits per heavy atom. The number of rotatable bonds is 3. The SMILES string of the molecule is CC(NC1(C)CCCCC1)C(=O)OC(C)(C)C. The quantitative estimate of drug-likeness (QED) is 0.772. The molecule has 0 bridgehead atoms. The highest BCUT2D eigenvalue weighted by Gasteiger charge is 2.31. The first-order chi connectivity index (χ1) is 7.72. The summed E-state index contributed by atoms with van der Waals surface area (Å²) in [7, 11) is 0. The Morgan fingerprint density at radius 2 is 1.76 bits per heavy atom. The Balaban J connectivity index is 2.47. The zero-order chi connectivity index (χ0) is 13.1. The molecule has 1 saturated carbocycles. The molecule has 3 heteroatoms. The Labute approximate surface area is 105 Å². The second-order valence-electron chi connectivity index (χ2n) is 6.52. The van der Waals surface area contributed by atoms with Crippen molar-refractivity contribution < 1.29 is 9.53 Å². The van der Waals surface area contributed by atoms with E-state index in [4.69, 9.17) is 4.74 Å². The van der Waals surface area contributed by atoms with Gasteiger partial charge in [-0.3, -0.25) is 10.1 Å². The molecule has 0 heterocycles. The van der Waals surface area contributed by atoms with Crippen LogP contribution in [-0.4, -0.2) is 23.2 Å². The van der Waals surface area contributed by atoms with Crippen molar-refractivity contribution in [1.29, 1.82) is 0 Å². The number of carbonyl (C=O) groups is 1. The molecule has 0 saturated heterocycles. The average molecular weight is 241 g/mol. The molecule has 1 unspecified atom stereocenters. The fourth-order valence-electron chi connectivity index (χ4n) is 2.45. The lowest BCUT2D eigenvalue weighted by Gasteiger charge is -2.37. The molecule has 0 aromatic heterocycles. The maximum absolute atomic E-state index is 11.9. The van der Waals surface area contributed by atoms with Gasteiger partial charge in [0.15, 0.2) is 0 Å². The number of hydrogen-bond donors (Lipinski definition) is 1. The van der Waals surface area contributed by atoms with Crippen LogP contribution in [0.15, 0.2) is 0 Å².